The molecule has 1 aromatic carbocycles. The minimum atomic E-state index is -0.727. The third-order valence-electron chi connectivity index (χ3n) is 4.51. The summed E-state index contributed by atoms with van der Waals surface area (Å²) in [5, 5.41) is 0. The van der Waals surface area contributed by atoms with Crippen LogP contribution >= 0.6 is 0 Å². The van der Waals surface area contributed by atoms with E-state index in [0.717, 1.165) is 30.0 Å². The van der Waals surface area contributed by atoms with Crippen molar-refractivity contribution in [1.29, 1.82) is 0 Å². The lowest BCUT2D eigenvalue weighted by Gasteiger charge is -2.42. The van der Waals surface area contributed by atoms with Gasteiger partial charge in [0.2, 0.25) is 0 Å². The molecule has 0 saturated carbocycles. The molecule has 142 valence electrons. The van der Waals surface area contributed by atoms with Crippen molar-refractivity contribution in [1.82, 2.24) is 0 Å². The average Bonchev–Trinajstić information content (AvgIpc) is 2.64. The van der Waals surface area contributed by atoms with E-state index in [4.69, 9.17) is 9.47 Å². The summed E-state index contributed by atoms with van der Waals surface area (Å²) in [6, 6.07) is 6.02. The second kappa shape index (κ2) is 10.4. The van der Waals surface area contributed by atoms with Gasteiger partial charge < -0.3 is 19.1 Å². The highest BCUT2D eigenvalue weighted by molar-refractivity contribution is 6.02. The van der Waals surface area contributed by atoms with E-state index in [-0.39, 0.29) is 5.91 Å². The van der Waals surface area contributed by atoms with Crippen molar-refractivity contribution in [2.24, 2.45) is 0 Å². The minimum Gasteiger partial charge on any atom is -0.475 e. The molecule has 0 aliphatic carbocycles. The smallest absolute Gasteiger partial charge is 0.271 e. The van der Waals surface area contributed by atoms with Gasteiger partial charge in [0.15, 0.2) is 5.60 Å². The molecule has 0 saturated heterocycles. The highest BCUT2D eigenvalue weighted by atomic mass is 16.5. The summed E-state index contributed by atoms with van der Waals surface area (Å²) in [7, 11) is 3.36. The Morgan fingerprint density at radius 3 is 2.28 bits per heavy atom. The maximum Gasteiger partial charge on any atom is 0.271 e. The zero-order chi connectivity index (χ0) is 18.9. The topological polar surface area (TPSA) is 48.0 Å². The van der Waals surface area contributed by atoms with Gasteiger partial charge in [-0.05, 0) is 50.8 Å². The van der Waals surface area contributed by atoms with Gasteiger partial charge >= 0.3 is 0 Å². The maximum atomic E-state index is 12.9. The number of rotatable bonds is 7. The number of carbonyl (C=O) groups is 1. The first-order chi connectivity index (χ1) is 12.0. The van der Waals surface area contributed by atoms with Crippen LogP contribution in [0.5, 0.6) is 5.75 Å². The zero-order valence-corrected chi connectivity index (χ0v) is 16.6. The predicted octanol–water partition coefficient (Wildman–Crippen LogP) is 3.97. The van der Waals surface area contributed by atoms with Crippen LogP contribution in [0, 0.1) is 6.92 Å². The lowest BCUT2D eigenvalue weighted by molar-refractivity contribution is -0.136. The lowest BCUT2D eigenvalue weighted by Crippen LogP contribution is -2.56. The number of amides is 1. The Balaban J connectivity index is 0.000000705. The molecule has 0 N–H and O–H groups in total. The predicted molar refractivity (Wildman–Crippen MR) is 102 cm³/mol. The highest BCUT2D eigenvalue weighted by Crippen LogP contribution is 2.41. The number of anilines is 1. The second-order valence-corrected chi connectivity index (χ2v) is 6.16. The fraction of sp³-hybridized carbons (Fsp3) is 0.650. The van der Waals surface area contributed by atoms with Crippen LogP contribution in [-0.4, -0.2) is 45.5 Å². The third kappa shape index (κ3) is 5.19. The minimum absolute atomic E-state index is 0.0710. The number of aryl methyl sites for hydroxylation is 1. The first kappa shape index (κ1) is 21.5. The number of hydrogen-bond acceptors (Lipinski definition) is 4. The van der Waals surface area contributed by atoms with Gasteiger partial charge in [0, 0.05) is 34.0 Å². The maximum absolute atomic E-state index is 12.9. The van der Waals surface area contributed by atoms with Crippen LogP contribution in [0.2, 0.25) is 0 Å². The van der Waals surface area contributed by atoms with Crippen LogP contribution in [0.3, 0.4) is 0 Å². The summed E-state index contributed by atoms with van der Waals surface area (Å²) < 4.78 is 15.8. The van der Waals surface area contributed by atoms with Gasteiger partial charge in [-0.25, -0.2) is 0 Å². The number of hydrogen-bond donors (Lipinski definition) is 0. The summed E-state index contributed by atoms with van der Waals surface area (Å²) >= 11 is 0. The molecule has 0 fully saturated rings. The van der Waals surface area contributed by atoms with Gasteiger partial charge in [0.25, 0.3) is 5.91 Å². The van der Waals surface area contributed by atoms with Gasteiger partial charge in [-0.3, -0.25) is 4.79 Å². The van der Waals surface area contributed by atoms with Gasteiger partial charge in [-0.1, -0.05) is 19.9 Å². The van der Waals surface area contributed by atoms with Crippen molar-refractivity contribution in [3.8, 4) is 5.75 Å². The molecule has 1 aliphatic rings. The van der Waals surface area contributed by atoms with Crippen molar-refractivity contribution in [2.75, 3.05) is 38.9 Å². The first-order valence-electron chi connectivity index (χ1n) is 9.09. The number of fused-ring (bicyclic) bond motifs is 1. The largest absolute Gasteiger partial charge is 0.475 e. The van der Waals surface area contributed by atoms with Crippen LogP contribution < -0.4 is 9.64 Å². The Kier molecular flexibility index (Phi) is 8.93. The Hall–Kier alpha value is -1.59. The Morgan fingerprint density at radius 2 is 1.76 bits per heavy atom. The first-order valence-corrected chi connectivity index (χ1v) is 9.09. The molecule has 0 unspecified atom stereocenters. The summed E-state index contributed by atoms with van der Waals surface area (Å²) in [5.41, 5.74) is 1.28. The molecule has 0 spiro atoms. The van der Waals surface area contributed by atoms with Crippen molar-refractivity contribution in [3.05, 3.63) is 23.8 Å². The van der Waals surface area contributed by atoms with Crippen LogP contribution in [0.4, 0.5) is 5.69 Å². The quantitative estimate of drug-likeness (QED) is 0.698. The molecule has 1 heterocycles. The van der Waals surface area contributed by atoms with Crippen molar-refractivity contribution in [3.63, 3.8) is 0 Å². The van der Waals surface area contributed by atoms with Crippen molar-refractivity contribution < 1.29 is 19.0 Å². The number of ether oxygens (including phenoxy) is 3. The van der Waals surface area contributed by atoms with Gasteiger partial charge in [0.1, 0.15) is 5.75 Å². The second-order valence-electron chi connectivity index (χ2n) is 6.16. The molecule has 0 aromatic heterocycles. The normalized spacial score (nSPS) is 15.1. The summed E-state index contributed by atoms with van der Waals surface area (Å²) in [6.07, 6.45) is 2.17. The molecule has 25 heavy (non-hydrogen) atoms. The molecule has 0 atom stereocenters. The summed E-state index contributed by atoms with van der Waals surface area (Å²) in [4.78, 5) is 14.8. The van der Waals surface area contributed by atoms with Gasteiger partial charge in [-0.15, -0.1) is 0 Å². The van der Waals surface area contributed by atoms with E-state index in [1.165, 1.54) is 0 Å². The molecular formula is C20H33NO4. The highest BCUT2D eigenvalue weighted by Gasteiger charge is 2.45. The van der Waals surface area contributed by atoms with E-state index in [9.17, 15) is 4.79 Å². The molecule has 0 radical (unpaired) electrons. The zero-order valence-electron chi connectivity index (χ0n) is 16.6. The van der Waals surface area contributed by atoms with E-state index in [1.807, 2.05) is 50.8 Å². The van der Waals surface area contributed by atoms with E-state index in [1.54, 1.807) is 14.2 Å². The fourth-order valence-electron chi connectivity index (χ4n) is 2.82. The molecule has 5 heteroatoms. The Labute approximate surface area is 152 Å². The van der Waals surface area contributed by atoms with Crippen LogP contribution in [0.25, 0.3) is 0 Å². The standard InChI is InChI=1S/C17H25NO3.C3H8O/c1-5-17(6-2)16(19)18(10-7-11-20-4)14-12-13(3)8-9-15(14)21-17;1-3-4-2/h8-9,12H,5-7,10-11H2,1-4H3;3H2,1-2H3. The molecule has 1 amide bonds. The summed E-state index contributed by atoms with van der Waals surface area (Å²) in [6.45, 7) is 10.1. The number of carbonyl (C=O) groups excluding carboxylic acids is 1. The monoisotopic (exact) mass is 351 g/mol. The van der Waals surface area contributed by atoms with E-state index in [0.29, 0.717) is 26.0 Å². The van der Waals surface area contributed by atoms with Crippen LogP contribution in [0.15, 0.2) is 18.2 Å². The van der Waals surface area contributed by atoms with Crippen LogP contribution in [0.1, 0.15) is 45.6 Å². The number of benzene rings is 1. The van der Waals surface area contributed by atoms with Crippen molar-refractivity contribution >= 4 is 11.6 Å². The Morgan fingerprint density at radius 1 is 1.12 bits per heavy atom. The number of nitrogens with zero attached hydrogens (tertiary/aromatic N) is 1. The number of methoxy groups -OCH3 is 2. The van der Waals surface area contributed by atoms with Gasteiger partial charge in [0.05, 0.1) is 5.69 Å². The van der Waals surface area contributed by atoms with Gasteiger partial charge in [-0.2, -0.15) is 0 Å². The fourth-order valence-corrected chi connectivity index (χ4v) is 2.82. The molecular weight excluding hydrogens is 318 g/mol. The van der Waals surface area contributed by atoms with E-state index in [2.05, 4.69) is 4.74 Å². The van der Waals surface area contributed by atoms with E-state index < -0.39 is 5.60 Å². The van der Waals surface area contributed by atoms with Crippen molar-refractivity contribution in [2.45, 2.75) is 52.6 Å². The Bertz CT molecular complexity index is 538. The van der Waals surface area contributed by atoms with E-state index >= 15 is 0 Å². The lowest BCUT2D eigenvalue weighted by atomic mass is 9.92. The summed E-state index contributed by atoms with van der Waals surface area (Å²) in [5.74, 6) is 0.878. The SMILES string of the molecule is CCC1(CC)Oc2ccc(C)cc2N(CCCOC)C1=O.CCOC. The molecule has 0 bridgehead atoms. The molecule has 1 aromatic rings. The third-order valence-corrected chi connectivity index (χ3v) is 4.51. The molecule has 2 rings (SSSR count). The molecule has 5 nitrogen and oxygen atoms in total. The molecule has 1 aliphatic heterocycles. The average molecular weight is 351 g/mol. The van der Waals surface area contributed by atoms with Crippen LogP contribution in [-0.2, 0) is 14.3 Å².